The molecule has 0 saturated heterocycles. The fraction of sp³-hybridized carbons (Fsp3) is 0.161. The Kier molecular flexibility index (Phi) is 6.16. The molecule has 11 nitrogen and oxygen atoms in total. The van der Waals surface area contributed by atoms with Crippen molar-refractivity contribution in [1.82, 2.24) is 29.2 Å². The van der Waals surface area contributed by atoms with Crippen LogP contribution in [-0.2, 0) is 10.2 Å². The molecule has 0 spiro atoms. The number of aromatic nitrogens is 4. The number of carbonyl (C=O) groups excluding carboxylic acids is 1. The van der Waals surface area contributed by atoms with E-state index in [4.69, 9.17) is 6.42 Å². The molecular formula is C31H25N7O4S. The van der Waals surface area contributed by atoms with Crippen LogP contribution in [0, 0.1) is 12.3 Å². The minimum absolute atomic E-state index is 0.0507. The second-order valence-electron chi connectivity index (χ2n) is 10.5. The molecule has 3 heterocycles. The summed E-state index contributed by atoms with van der Waals surface area (Å²) >= 11 is 0. The summed E-state index contributed by atoms with van der Waals surface area (Å²) in [6.45, 7) is 1.77. The van der Waals surface area contributed by atoms with E-state index in [2.05, 4.69) is 30.8 Å². The lowest BCUT2D eigenvalue weighted by atomic mass is 9.97. The van der Waals surface area contributed by atoms with Crippen molar-refractivity contribution in [2.75, 3.05) is 4.72 Å². The molecule has 1 amide bonds. The summed E-state index contributed by atoms with van der Waals surface area (Å²) in [7, 11) is -3.99. The third kappa shape index (κ3) is 4.55. The molecule has 0 bridgehead atoms. The van der Waals surface area contributed by atoms with Gasteiger partial charge in [-0.15, -0.1) is 11.5 Å². The van der Waals surface area contributed by atoms with E-state index in [1.165, 1.54) is 10.7 Å². The van der Waals surface area contributed by atoms with Crippen LogP contribution in [0.15, 0.2) is 65.7 Å². The van der Waals surface area contributed by atoms with Crippen LogP contribution in [0.2, 0.25) is 0 Å². The van der Waals surface area contributed by atoms with Crippen LogP contribution in [0.1, 0.15) is 58.5 Å². The van der Waals surface area contributed by atoms with Gasteiger partial charge in [-0.05, 0) is 49.6 Å². The zero-order valence-electron chi connectivity index (χ0n) is 22.9. The second kappa shape index (κ2) is 9.94. The van der Waals surface area contributed by atoms with Gasteiger partial charge in [0.05, 0.1) is 17.1 Å². The number of para-hydroxylation sites is 1. The first kappa shape index (κ1) is 26.6. The highest BCUT2D eigenvalue weighted by Crippen LogP contribution is 2.37. The summed E-state index contributed by atoms with van der Waals surface area (Å²) in [5.41, 5.74) is 3.05. The van der Waals surface area contributed by atoms with E-state index in [0.717, 1.165) is 29.4 Å². The van der Waals surface area contributed by atoms with Gasteiger partial charge in [-0.25, -0.2) is 9.50 Å². The van der Waals surface area contributed by atoms with E-state index in [1.807, 2.05) is 48.6 Å². The lowest BCUT2D eigenvalue weighted by Gasteiger charge is -2.23. The molecule has 12 heteroatoms. The van der Waals surface area contributed by atoms with Crippen LogP contribution < -0.4 is 20.3 Å². The summed E-state index contributed by atoms with van der Waals surface area (Å²) in [5.74, 6) is 1.85. The number of anilines is 1. The second-order valence-corrected chi connectivity index (χ2v) is 12.0. The molecule has 1 unspecified atom stereocenters. The minimum Gasteiger partial charge on any atom is -0.344 e. The maximum Gasteiger partial charge on any atom is 0.300 e. The number of terminal acetylenes is 1. The van der Waals surface area contributed by atoms with Gasteiger partial charge in [0.1, 0.15) is 5.56 Å². The highest BCUT2D eigenvalue weighted by Gasteiger charge is 2.32. The average Bonchev–Trinajstić information content (AvgIpc) is 3.57. The molecule has 0 radical (unpaired) electrons. The van der Waals surface area contributed by atoms with Crippen molar-refractivity contribution in [1.29, 1.82) is 0 Å². The standard InChI is InChI=1S/C31H25N7O4S/c1-3-19-10-11-20-12-15-23-24(20)25(19)31(40)38(22-8-5-4-6-9-22)27(23)18(2)33-30(39)26-28(34-37-17-7-16-32-29(26)37)36-43(41,42)35-21-13-14-21/h1,4-12,15-18,21,35H,13-14H2,2H3,(H,33,39)(H,34,36). The summed E-state index contributed by atoms with van der Waals surface area (Å²) in [5, 5.41) is 8.41. The summed E-state index contributed by atoms with van der Waals surface area (Å²) < 4.78 is 33.4. The third-order valence-corrected chi connectivity index (χ3v) is 8.66. The number of nitrogens with zero attached hydrogens (tertiary/aromatic N) is 4. The molecule has 2 aliphatic rings. The Morgan fingerprint density at radius 2 is 1.88 bits per heavy atom. The first-order valence-corrected chi connectivity index (χ1v) is 15.1. The van der Waals surface area contributed by atoms with Gasteiger partial charge < -0.3 is 5.32 Å². The van der Waals surface area contributed by atoms with Gasteiger partial charge in [0.15, 0.2) is 11.5 Å². The van der Waals surface area contributed by atoms with Crippen molar-refractivity contribution < 1.29 is 13.2 Å². The Balaban J connectivity index is 1.36. The molecule has 5 aromatic rings. The smallest absolute Gasteiger partial charge is 0.300 e. The van der Waals surface area contributed by atoms with Gasteiger partial charge >= 0.3 is 10.2 Å². The Bertz CT molecular complexity index is 2210. The van der Waals surface area contributed by atoms with Gasteiger partial charge in [-0.1, -0.05) is 42.3 Å². The van der Waals surface area contributed by atoms with Crippen molar-refractivity contribution in [2.24, 2.45) is 0 Å². The lowest BCUT2D eigenvalue weighted by molar-refractivity contribution is 0.0941. The number of benzene rings is 2. The summed E-state index contributed by atoms with van der Waals surface area (Å²) in [6.07, 6.45) is 14.2. The number of hydrogen-bond donors (Lipinski definition) is 3. The molecule has 0 aliphatic heterocycles. The molecule has 1 saturated carbocycles. The number of nitrogens with one attached hydrogen (secondary N) is 3. The van der Waals surface area contributed by atoms with E-state index in [-0.39, 0.29) is 28.6 Å². The maximum atomic E-state index is 14.2. The molecule has 1 atom stereocenters. The van der Waals surface area contributed by atoms with E-state index < -0.39 is 22.2 Å². The lowest BCUT2D eigenvalue weighted by Crippen LogP contribution is -2.35. The molecule has 2 aliphatic carbocycles. The predicted molar refractivity (Wildman–Crippen MR) is 164 cm³/mol. The molecular weight excluding hydrogens is 566 g/mol. The monoisotopic (exact) mass is 591 g/mol. The van der Waals surface area contributed by atoms with Crippen molar-refractivity contribution >= 4 is 50.5 Å². The Hall–Kier alpha value is -5.25. The number of carbonyl (C=O) groups is 1. The van der Waals surface area contributed by atoms with Crippen LogP contribution in [0.25, 0.3) is 34.3 Å². The zero-order valence-corrected chi connectivity index (χ0v) is 23.7. The minimum atomic E-state index is -3.99. The van der Waals surface area contributed by atoms with Gasteiger partial charge in [-0.3, -0.25) is 18.9 Å². The molecule has 214 valence electrons. The summed E-state index contributed by atoms with van der Waals surface area (Å²) in [4.78, 5) is 32.4. The zero-order chi connectivity index (χ0) is 29.9. The number of rotatable bonds is 8. The Labute approximate surface area is 246 Å². The van der Waals surface area contributed by atoms with E-state index in [1.54, 1.807) is 29.8 Å². The SMILES string of the molecule is C#Cc1ccc2c3c(c(C(C)NC(=O)c4c(NS(=O)(=O)NC5CC5)nn5cccnc45)n(-c4ccccc4)c(=O)c13)C=C2. The third-order valence-electron chi connectivity index (χ3n) is 7.55. The van der Waals surface area contributed by atoms with Crippen molar-refractivity contribution in [2.45, 2.75) is 31.8 Å². The fourth-order valence-corrected chi connectivity index (χ4v) is 6.67. The topological polar surface area (TPSA) is 139 Å². The average molecular weight is 592 g/mol. The normalized spacial score (nSPS) is 14.6. The number of hydrogen-bond acceptors (Lipinski definition) is 6. The largest absolute Gasteiger partial charge is 0.344 e. The van der Waals surface area contributed by atoms with Crippen molar-refractivity contribution in [3.8, 4) is 18.0 Å². The first-order chi connectivity index (χ1) is 20.8. The van der Waals surface area contributed by atoms with Crippen LogP contribution in [0.4, 0.5) is 5.82 Å². The van der Waals surface area contributed by atoms with Crippen molar-refractivity contribution in [3.63, 3.8) is 0 Å². The van der Waals surface area contributed by atoms with E-state index in [9.17, 15) is 18.0 Å². The van der Waals surface area contributed by atoms with Gasteiger partial charge in [0.2, 0.25) is 0 Å². The van der Waals surface area contributed by atoms with E-state index in [0.29, 0.717) is 22.3 Å². The van der Waals surface area contributed by atoms with Gasteiger partial charge in [0.25, 0.3) is 11.5 Å². The van der Waals surface area contributed by atoms with Gasteiger partial charge in [0, 0.05) is 40.6 Å². The molecule has 3 aromatic heterocycles. The number of pyridine rings is 1. The molecule has 2 aromatic carbocycles. The Morgan fingerprint density at radius 3 is 2.63 bits per heavy atom. The fourth-order valence-electron chi connectivity index (χ4n) is 5.54. The quantitative estimate of drug-likeness (QED) is 0.232. The molecule has 1 fully saturated rings. The summed E-state index contributed by atoms with van der Waals surface area (Å²) in [6, 6.07) is 13.5. The highest BCUT2D eigenvalue weighted by molar-refractivity contribution is 7.90. The first-order valence-electron chi connectivity index (χ1n) is 13.7. The van der Waals surface area contributed by atoms with Crippen LogP contribution in [0.5, 0.6) is 0 Å². The van der Waals surface area contributed by atoms with Crippen LogP contribution >= 0.6 is 0 Å². The van der Waals surface area contributed by atoms with Crippen LogP contribution in [0.3, 0.4) is 0 Å². The van der Waals surface area contributed by atoms with E-state index >= 15 is 0 Å². The van der Waals surface area contributed by atoms with Gasteiger partial charge in [-0.2, -0.15) is 13.1 Å². The highest BCUT2D eigenvalue weighted by atomic mass is 32.2. The van der Waals surface area contributed by atoms with Crippen LogP contribution in [-0.4, -0.2) is 39.5 Å². The molecule has 7 rings (SSSR count). The molecule has 43 heavy (non-hydrogen) atoms. The molecule has 3 N–H and O–H groups in total. The number of amides is 1. The maximum absolute atomic E-state index is 14.2. The predicted octanol–water partition coefficient (Wildman–Crippen LogP) is 3.40. The number of fused-ring (bicyclic) bond motifs is 1. The van der Waals surface area contributed by atoms with Crippen molar-refractivity contribution in [3.05, 3.63) is 99.2 Å². The Morgan fingerprint density at radius 1 is 1.09 bits per heavy atom.